The number of sulfone groups is 1. The molecule has 8 heteroatoms. The van der Waals surface area contributed by atoms with Gasteiger partial charge in [0.1, 0.15) is 16.7 Å². The van der Waals surface area contributed by atoms with Crippen LogP contribution in [0.4, 0.5) is 0 Å². The summed E-state index contributed by atoms with van der Waals surface area (Å²) in [4.78, 5) is 7.62. The Morgan fingerprint density at radius 1 is 1.37 bits per heavy atom. The predicted molar refractivity (Wildman–Crippen MR) is 73.7 cm³/mol. The molecule has 2 aromatic rings. The van der Waals surface area contributed by atoms with Gasteiger partial charge in [-0.25, -0.2) is 13.4 Å². The Hall–Kier alpha value is -1.18. The van der Waals surface area contributed by atoms with Crippen molar-refractivity contribution in [1.29, 1.82) is 0 Å². The molecule has 0 aliphatic rings. The first-order valence-electron chi connectivity index (χ1n) is 5.07. The second-order valence-corrected chi connectivity index (χ2v) is 6.87. The van der Waals surface area contributed by atoms with E-state index in [1.807, 2.05) is 0 Å². The second-order valence-electron chi connectivity index (χ2n) is 3.67. The minimum atomic E-state index is -3.65. The molecule has 100 valence electrons. The van der Waals surface area contributed by atoms with Gasteiger partial charge in [-0.1, -0.05) is 11.6 Å². The molecule has 0 aromatic carbocycles. The molecule has 1 N–H and O–H groups in total. The fourth-order valence-electron chi connectivity index (χ4n) is 1.38. The molecular formula is C11H8BrClN2O3S. The molecule has 0 aliphatic heterocycles. The van der Waals surface area contributed by atoms with Gasteiger partial charge in [0.2, 0.25) is 0 Å². The van der Waals surface area contributed by atoms with Crippen molar-refractivity contribution in [3.63, 3.8) is 0 Å². The van der Waals surface area contributed by atoms with E-state index in [9.17, 15) is 13.5 Å². The van der Waals surface area contributed by atoms with Crippen molar-refractivity contribution in [2.45, 2.75) is 10.6 Å². The number of rotatable bonds is 3. The molecule has 0 atom stereocenters. The highest BCUT2D eigenvalue weighted by Gasteiger charge is 2.19. The van der Waals surface area contributed by atoms with Crippen molar-refractivity contribution >= 4 is 37.4 Å². The zero-order chi connectivity index (χ0) is 14.0. The smallest absolute Gasteiger partial charge is 0.185 e. The Balaban J connectivity index is 2.38. The molecule has 2 rings (SSSR count). The quantitative estimate of drug-likeness (QED) is 0.848. The number of hydrogen-bond donors (Lipinski definition) is 1. The SMILES string of the molecule is O=S(=O)(Cc1ncccc1O)c1cnc(Cl)c(Br)c1. The summed E-state index contributed by atoms with van der Waals surface area (Å²) in [5.41, 5.74) is 0.0913. The van der Waals surface area contributed by atoms with E-state index in [-0.39, 0.29) is 21.5 Å². The monoisotopic (exact) mass is 362 g/mol. The normalized spacial score (nSPS) is 11.5. The summed E-state index contributed by atoms with van der Waals surface area (Å²) < 4.78 is 24.7. The van der Waals surface area contributed by atoms with E-state index >= 15 is 0 Å². The molecule has 19 heavy (non-hydrogen) atoms. The van der Waals surface area contributed by atoms with Crippen LogP contribution in [0.5, 0.6) is 5.75 Å². The molecule has 5 nitrogen and oxygen atoms in total. The molecule has 2 aromatic heterocycles. The third-order valence-electron chi connectivity index (χ3n) is 2.32. The first kappa shape index (κ1) is 14.2. The molecule has 2 heterocycles. The number of nitrogens with zero attached hydrogens (tertiary/aromatic N) is 2. The summed E-state index contributed by atoms with van der Waals surface area (Å²) in [6, 6.07) is 4.27. The maximum Gasteiger partial charge on any atom is 0.185 e. The van der Waals surface area contributed by atoms with E-state index in [4.69, 9.17) is 11.6 Å². The van der Waals surface area contributed by atoms with Gasteiger partial charge in [-0.15, -0.1) is 0 Å². The van der Waals surface area contributed by atoms with Crippen LogP contribution < -0.4 is 0 Å². The van der Waals surface area contributed by atoms with Gasteiger partial charge in [0.25, 0.3) is 0 Å². The third kappa shape index (κ3) is 3.23. The zero-order valence-electron chi connectivity index (χ0n) is 9.42. The summed E-state index contributed by atoms with van der Waals surface area (Å²) in [6.07, 6.45) is 2.59. The van der Waals surface area contributed by atoms with Gasteiger partial charge in [0, 0.05) is 12.4 Å². The van der Waals surface area contributed by atoms with Crippen LogP contribution in [0.25, 0.3) is 0 Å². The van der Waals surface area contributed by atoms with Crippen molar-refractivity contribution in [2.24, 2.45) is 0 Å². The van der Waals surface area contributed by atoms with Crippen molar-refractivity contribution in [1.82, 2.24) is 9.97 Å². The van der Waals surface area contributed by atoms with Crippen LogP contribution in [0, 0.1) is 0 Å². The highest BCUT2D eigenvalue weighted by atomic mass is 79.9. The highest BCUT2D eigenvalue weighted by Crippen LogP contribution is 2.25. The van der Waals surface area contributed by atoms with Crippen molar-refractivity contribution in [2.75, 3.05) is 0 Å². The highest BCUT2D eigenvalue weighted by molar-refractivity contribution is 9.10. The van der Waals surface area contributed by atoms with Gasteiger partial charge >= 0.3 is 0 Å². The van der Waals surface area contributed by atoms with Gasteiger partial charge in [0.05, 0.1) is 15.1 Å². The average Bonchev–Trinajstić information content (AvgIpc) is 2.35. The molecule has 0 bridgehead atoms. The summed E-state index contributed by atoms with van der Waals surface area (Å²) in [5.74, 6) is -0.567. The van der Waals surface area contributed by atoms with E-state index < -0.39 is 15.6 Å². The molecule has 0 aliphatic carbocycles. The summed E-state index contributed by atoms with van der Waals surface area (Å²) in [5, 5.41) is 9.73. The van der Waals surface area contributed by atoms with E-state index in [0.29, 0.717) is 4.47 Å². The lowest BCUT2D eigenvalue weighted by Crippen LogP contribution is -2.07. The Morgan fingerprint density at radius 3 is 2.74 bits per heavy atom. The van der Waals surface area contributed by atoms with Crippen LogP contribution in [-0.4, -0.2) is 23.5 Å². The molecule has 0 unspecified atom stereocenters. The first-order chi connectivity index (χ1) is 8.90. The van der Waals surface area contributed by atoms with Crippen molar-refractivity contribution in [3.05, 3.63) is 45.9 Å². The average molecular weight is 364 g/mol. The van der Waals surface area contributed by atoms with Crippen LogP contribution in [0.2, 0.25) is 5.15 Å². The zero-order valence-corrected chi connectivity index (χ0v) is 12.6. The fourth-order valence-corrected chi connectivity index (χ4v) is 3.24. The number of hydrogen-bond acceptors (Lipinski definition) is 5. The van der Waals surface area contributed by atoms with Crippen molar-refractivity contribution < 1.29 is 13.5 Å². The van der Waals surface area contributed by atoms with Crippen LogP contribution in [0.1, 0.15) is 5.69 Å². The lowest BCUT2D eigenvalue weighted by molar-refractivity contribution is 0.466. The molecule has 0 amide bonds. The molecule has 0 saturated carbocycles. The molecule has 0 radical (unpaired) electrons. The maximum absolute atomic E-state index is 12.2. The number of halogens is 2. The standard InChI is InChI=1S/C11H8BrClN2O3S/c12-8-4-7(5-15-11(8)13)19(17,18)6-9-10(16)2-1-3-14-9/h1-5,16H,6H2. The minimum Gasteiger partial charge on any atom is -0.506 e. The second kappa shape index (κ2) is 5.44. The van der Waals surface area contributed by atoms with Gasteiger partial charge in [-0.05, 0) is 34.1 Å². The number of aromatic nitrogens is 2. The third-order valence-corrected chi connectivity index (χ3v) is 5.05. The maximum atomic E-state index is 12.2. The van der Waals surface area contributed by atoms with Gasteiger partial charge in [-0.2, -0.15) is 0 Å². The summed E-state index contributed by atoms with van der Waals surface area (Å²) in [6.45, 7) is 0. The fraction of sp³-hybridized carbons (Fsp3) is 0.0909. The summed E-state index contributed by atoms with van der Waals surface area (Å²) in [7, 11) is -3.65. The Bertz CT molecular complexity index is 722. The van der Waals surface area contributed by atoms with Crippen LogP contribution in [0.15, 0.2) is 40.0 Å². The summed E-state index contributed by atoms with van der Waals surface area (Å²) >= 11 is 8.83. The number of aromatic hydroxyl groups is 1. The van der Waals surface area contributed by atoms with E-state index in [1.165, 1.54) is 30.6 Å². The minimum absolute atomic E-state index is 0.00817. The first-order valence-corrected chi connectivity index (χ1v) is 7.89. The molecular weight excluding hydrogens is 356 g/mol. The molecule has 0 saturated heterocycles. The van der Waals surface area contributed by atoms with Gasteiger partial charge in [0.15, 0.2) is 9.84 Å². The van der Waals surface area contributed by atoms with Crippen LogP contribution in [0.3, 0.4) is 0 Å². The Kier molecular flexibility index (Phi) is 4.07. The van der Waals surface area contributed by atoms with E-state index in [2.05, 4.69) is 25.9 Å². The largest absolute Gasteiger partial charge is 0.506 e. The number of pyridine rings is 2. The predicted octanol–water partition coefficient (Wildman–Crippen LogP) is 2.57. The van der Waals surface area contributed by atoms with Crippen LogP contribution >= 0.6 is 27.5 Å². The Labute approximate surface area is 123 Å². The Morgan fingerprint density at radius 2 is 2.11 bits per heavy atom. The van der Waals surface area contributed by atoms with E-state index in [1.54, 1.807) is 0 Å². The van der Waals surface area contributed by atoms with Gasteiger partial charge in [-0.3, -0.25) is 4.98 Å². The van der Waals surface area contributed by atoms with Gasteiger partial charge < -0.3 is 5.11 Å². The lowest BCUT2D eigenvalue weighted by Gasteiger charge is -2.06. The molecule has 0 fully saturated rings. The molecule has 0 spiro atoms. The van der Waals surface area contributed by atoms with Crippen LogP contribution in [-0.2, 0) is 15.6 Å². The lowest BCUT2D eigenvalue weighted by atomic mass is 10.3. The van der Waals surface area contributed by atoms with E-state index in [0.717, 1.165) is 0 Å². The topological polar surface area (TPSA) is 80.2 Å². The van der Waals surface area contributed by atoms with Crippen molar-refractivity contribution in [3.8, 4) is 5.75 Å².